The fraction of sp³-hybridized carbons (Fsp3) is 0. The maximum absolute atomic E-state index is 8.56. The van der Waals surface area contributed by atoms with Crippen LogP contribution in [-0.4, -0.2) is 15.3 Å². The van der Waals surface area contributed by atoms with E-state index in [1.807, 2.05) is 12.1 Å². The van der Waals surface area contributed by atoms with Crippen molar-refractivity contribution in [2.24, 2.45) is 0 Å². The molecule has 12 heavy (non-hydrogen) atoms. The molecule has 0 fully saturated rings. The summed E-state index contributed by atoms with van der Waals surface area (Å²) in [7, 11) is 0. The number of nitrogens with two attached hydrogens (primary N) is 1. The Morgan fingerprint density at radius 1 is 1.42 bits per heavy atom. The molecule has 0 amide bonds. The molecule has 0 unspecified atom stereocenters. The zero-order valence-electron chi connectivity index (χ0n) is 5.86. The first-order chi connectivity index (χ1) is 5.13. The molecule has 1 aromatic rings. The third kappa shape index (κ3) is 12.5. The first-order valence-corrected chi connectivity index (χ1v) is 4.96. The Hall–Kier alpha value is -0.182. The minimum Gasteiger partial charge on any atom is 2.00 e. The molecule has 0 aliphatic rings. The predicted octanol–water partition coefficient (Wildman–Crippen LogP) is -1.81. The fourth-order valence-corrected chi connectivity index (χ4v) is 0.407. The van der Waals surface area contributed by atoms with Gasteiger partial charge in [0, 0.05) is 0 Å². The molecule has 2 radical (unpaired) electrons. The van der Waals surface area contributed by atoms with Crippen LogP contribution in [0.1, 0.15) is 0 Å². The second-order valence-electron chi connectivity index (χ2n) is 1.54. The third-order valence-corrected chi connectivity index (χ3v) is 0.733. The minimum absolute atomic E-state index is 0. The number of nitrogen functional groups attached to an aromatic ring is 1. The molecule has 0 atom stereocenters. The van der Waals surface area contributed by atoms with E-state index in [-0.39, 0.29) is 17.1 Å². The van der Waals surface area contributed by atoms with Crippen LogP contribution >= 0.6 is 0 Å². The SMILES string of the molecule is Nc1[c-]cccc1.O=[As]([O-])[O-].[Cu+2]. The Bertz CT molecular complexity index is 215. The molecule has 0 heterocycles. The van der Waals surface area contributed by atoms with Crippen molar-refractivity contribution in [2.45, 2.75) is 0 Å². The van der Waals surface area contributed by atoms with Gasteiger partial charge in [-0.05, 0) is 0 Å². The Morgan fingerprint density at radius 3 is 2.08 bits per heavy atom. The predicted molar refractivity (Wildman–Crippen MR) is 36.1 cm³/mol. The molecule has 1 rings (SSSR count). The van der Waals surface area contributed by atoms with E-state index in [1.165, 1.54) is 0 Å². The van der Waals surface area contributed by atoms with Crippen LogP contribution in [0.5, 0.6) is 0 Å². The van der Waals surface area contributed by atoms with Gasteiger partial charge in [0.25, 0.3) is 0 Å². The second-order valence-corrected chi connectivity index (χ2v) is 2.48. The molecule has 2 N–H and O–H groups in total. The van der Waals surface area contributed by atoms with Gasteiger partial charge in [-0.25, -0.2) is 0 Å². The summed E-state index contributed by atoms with van der Waals surface area (Å²) in [6, 6.07) is 10.2. The molecule has 0 saturated heterocycles. The van der Waals surface area contributed by atoms with E-state index in [9.17, 15) is 0 Å². The van der Waals surface area contributed by atoms with Crippen molar-refractivity contribution >= 4 is 21.0 Å². The summed E-state index contributed by atoms with van der Waals surface area (Å²) in [5.74, 6) is 0. The zero-order chi connectivity index (χ0) is 8.69. The van der Waals surface area contributed by atoms with Gasteiger partial charge < -0.3 is 5.73 Å². The van der Waals surface area contributed by atoms with E-state index in [0.717, 1.165) is 0 Å². The molecule has 0 bridgehead atoms. The van der Waals surface area contributed by atoms with E-state index in [1.54, 1.807) is 12.1 Å². The van der Waals surface area contributed by atoms with E-state index >= 15 is 0 Å². The van der Waals surface area contributed by atoms with Gasteiger partial charge in [0.2, 0.25) is 0 Å². The number of hydrogen-bond donors (Lipinski definition) is 1. The normalized spacial score (nSPS) is 7.17. The smallest absolute Gasteiger partial charge is 2.00 e. The van der Waals surface area contributed by atoms with Crippen molar-refractivity contribution in [1.29, 1.82) is 0 Å². The van der Waals surface area contributed by atoms with Gasteiger partial charge in [0.05, 0.1) is 0 Å². The average Bonchev–Trinajstić information content (AvgIpc) is 1.87. The van der Waals surface area contributed by atoms with Crippen molar-refractivity contribution < 1.29 is 29.0 Å². The maximum Gasteiger partial charge on any atom is 2.00 e. The Labute approximate surface area is 86.1 Å². The van der Waals surface area contributed by atoms with E-state index in [4.69, 9.17) is 17.7 Å². The van der Waals surface area contributed by atoms with Crippen LogP contribution in [0.25, 0.3) is 0 Å². The van der Waals surface area contributed by atoms with Gasteiger partial charge in [-0.3, -0.25) is 0 Å². The number of benzene rings is 1. The number of rotatable bonds is 0. The van der Waals surface area contributed by atoms with Gasteiger partial charge in [-0.15, -0.1) is 6.07 Å². The first-order valence-electron chi connectivity index (χ1n) is 2.66. The summed E-state index contributed by atoms with van der Waals surface area (Å²) in [6.07, 6.45) is 0. The zero-order valence-corrected chi connectivity index (χ0v) is 8.68. The van der Waals surface area contributed by atoms with Gasteiger partial charge in [-0.1, -0.05) is 5.69 Å². The standard InChI is InChI=1S/C6H6N.AsO3.Cu/c7-6-4-2-1-3-5-6;2-1(3)4;/h1-4H,7H2;;/q-1;-2;+2. The topological polar surface area (TPSA) is 89.2 Å². The molecular weight excluding hydrogens is 273 g/mol. The van der Waals surface area contributed by atoms with Crippen LogP contribution in [0.3, 0.4) is 0 Å². The summed E-state index contributed by atoms with van der Waals surface area (Å²) in [6.45, 7) is 0. The van der Waals surface area contributed by atoms with E-state index in [2.05, 4.69) is 6.07 Å². The molecule has 4 nitrogen and oxygen atoms in total. The molecule has 0 aromatic heterocycles. The third-order valence-electron chi connectivity index (χ3n) is 0.733. The summed E-state index contributed by atoms with van der Waals surface area (Å²) >= 11 is -3.94. The summed E-state index contributed by atoms with van der Waals surface area (Å²) < 4.78 is 25.7. The van der Waals surface area contributed by atoms with Crippen LogP contribution in [-0.2, 0) is 20.8 Å². The molecule has 0 aliphatic heterocycles. The van der Waals surface area contributed by atoms with Crippen molar-refractivity contribution in [2.75, 3.05) is 5.73 Å². The Kier molecular flexibility index (Phi) is 10.7. The van der Waals surface area contributed by atoms with Gasteiger partial charge in [0.15, 0.2) is 0 Å². The fourth-order valence-electron chi connectivity index (χ4n) is 0.407. The maximum atomic E-state index is 8.56. The van der Waals surface area contributed by atoms with Gasteiger partial charge >= 0.3 is 44.3 Å². The monoisotopic (exact) mass is 278 g/mol. The van der Waals surface area contributed by atoms with Gasteiger partial charge in [-0.2, -0.15) is 24.3 Å². The Balaban J connectivity index is 0. The molecule has 0 spiro atoms. The molecule has 0 saturated carbocycles. The van der Waals surface area contributed by atoms with Crippen LogP contribution in [0.4, 0.5) is 5.69 Å². The summed E-state index contributed by atoms with van der Waals surface area (Å²) in [5.41, 5.74) is 6.00. The summed E-state index contributed by atoms with van der Waals surface area (Å²) in [4.78, 5) is 0. The molecule has 1 aromatic carbocycles. The molecule has 0 aliphatic carbocycles. The van der Waals surface area contributed by atoms with E-state index < -0.39 is 15.3 Å². The van der Waals surface area contributed by atoms with Crippen molar-refractivity contribution in [3.8, 4) is 0 Å². The minimum atomic E-state index is -3.94. The molecule has 6 heteroatoms. The number of hydrogen-bond acceptors (Lipinski definition) is 4. The number of anilines is 1. The average molecular weight is 279 g/mol. The molecular formula is C6H6AsCuNO3-. The van der Waals surface area contributed by atoms with Crippen molar-refractivity contribution in [3.63, 3.8) is 0 Å². The van der Waals surface area contributed by atoms with Crippen LogP contribution in [0.2, 0.25) is 0 Å². The van der Waals surface area contributed by atoms with E-state index in [0.29, 0.717) is 5.69 Å². The van der Waals surface area contributed by atoms with Crippen LogP contribution < -0.4 is 13.9 Å². The first kappa shape index (κ1) is 14.3. The second kappa shape index (κ2) is 8.91. The van der Waals surface area contributed by atoms with Crippen molar-refractivity contribution in [1.82, 2.24) is 0 Å². The quantitative estimate of drug-likeness (QED) is 0.344. The molecule has 70 valence electrons. The van der Waals surface area contributed by atoms with Crippen LogP contribution in [0.15, 0.2) is 24.3 Å². The largest absolute Gasteiger partial charge is 2.00 e. The Morgan fingerprint density at radius 2 is 1.92 bits per heavy atom. The summed E-state index contributed by atoms with van der Waals surface area (Å²) in [5, 5.41) is 0. The van der Waals surface area contributed by atoms with Crippen molar-refractivity contribution in [3.05, 3.63) is 30.3 Å². The van der Waals surface area contributed by atoms with Crippen LogP contribution in [0, 0.1) is 6.07 Å². The number of para-hydroxylation sites is 1. The van der Waals surface area contributed by atoms with Gasteiger partial charge in [0.1, 0.15) is 0 Å².